The van der Waals surface area contributed by atoms with E-state index in [0.29, 0.717) is 22.7 Å². The van der Waals surface area contributed by atoms with Gasteiger partial charge in [0.2, 0.25) is 17.7 Å². The molecule has 2 unspecified atom stereocenters. The monoisotopic (exact) mass is 466 g/mol. The van der Waals surface area contributed by atoms with E-state index in [2.05, 4.69) is 16.0 Å². The molecule has 0 saturated carbocycles. The Bertz CT molecular complexity index is 1160. The third-order valence-electron chi connectivity index (χ3n) is 6.14. The molecule has 0 spiro atoms. The molecule has 0 aliphatic carbocycles. The summed E-state index contributed by atoms with van der Waals surface area (Å²) in [6.07, 6.45) is -0.0164. The molecule has 4 rings (SSSR count). The Balaban J connectivity index is 1.59. The number of nitrogens with one attached hydrogen (secondary N) is 3. The highest BCUT2D eigenvalue weighted by Gasteiger charge is 2.38. The van der Waals surface area contributed by atoms with Crippen LogP contribution < -0.4 is 25.4 Å². The number of carbonyl (C=O) groups is 4. The maximum absolute atomic E-state index is 13.4. The summed E-state index contributed by atoms with van der Waals surface area (Å²) in [5, 5.41) is 7.93. The van der Waals surface area contributed by atoms with E-state index in [0.717, 1.165) is 11.1 Å². The van der Waals surface area contributed by atoms with E-state index < -0.39 is 29.8 Å². The van der Waals surface area contributed by atoms with Crippen LogP contribution >= 0.6 is 0 Å². The smallest absolute Gasteiger partial charge is 0.254 e. The number of ether oxygens (including phenoxy) is 2. The van der Waals surface area contributed by atoms with E-state index in [1.54, 1.807) is 30.3 Å². The molecular formula is C24H26N4O6. The number of likely N-dealkylation sites (N-methyl/N-ethyl adjacent to an activating group) is 1. The van der Waals surface area contributed by atoms with Crippen molar-refractivity contribution in [1.29, 1.82) is 0 Å². The maximum atomic E-state index is 13.4. The van der Waals surface area contributed by atoms with Crippen LogP contribution in [0, 0.1) is 0 Å². The molecule has 0 radical (unpaired) electrons. The van der Waals surface area contributed by atoms with Crippen molar-refractivity contribution in [2.24, 2.45) is 0 Å². The van der Waals surface area contributed by atoms with Crippen LogP contribution in [-0.4, -0.2) is 61.9 Å². The van der Waals surface area contributed by atoms with Gasteiger partial charge in [-0.3, -0.25) is 19.2 Å². The molecular weight excluding hydrogens is 440 g/mol. The van der Waals surface area contributed by atoms with Gasteiger partial charge in [-0.15, -0.1) is 0 Å². The van der Waals surface area contributed by atoms with E-state index in [1.807, 2.05) is 6.07 Å². The van der Waals surface area contributed by atoms with Gasteiger partial charge >= 0.3 is 0 Å². The Morgan fingerprint density at radius 1 is 1.09 bits per heavy atom. The number of benzene rings is 2. The largest absolute Gasteiger partial charge is 0.493 e. The summed E-state index contributed by atoms with van der Waals surface area (Å²) in [5.74, 6) is -0.646. The average Bonchev–Trinajstić information content (AvgIpc) is 2.97. The van der Waals surface area contributed by atoms with Crippen molar-refractivity contribution in [2.75, 3.05) is 26.6 Å². The fourth-order valence-electron chi connectivity index (χ4n) is 4.32. The number of hydrogen-bond donors (Lipinski definition) is 3. The fourth-order valence-corrected chi connectivity index (χ4v) is 4.32. The molecule has 3 N–H and O–H groups in total. The van der Waals surface area contributed by atoms with Crippen molar-refractivity contribution in [3.63, 3.8) is 0 Å². The van der Waals surface area contributed by atoms with E-state index in [-0.39, 0.29) is 25.3 Å². The van der Waals surface area contributed by atoms with Gasteiger partial charge in [0.1, 0.15) is 12.1 Å². The zero-order chi connectivity index (χ0) is 24.4. The van der Waals surface area contributed by atoms with Crippen molar-refractivity contribution in [2.45, 2.75) is 31.5 Å². The summed E-state index contributed by atoms with van der Waals surface area (Å²) in [5.41, 5.74) is 2.39. The highest BCUT2D eigenvalue weighted by Crippen LogP contribution is 2.35. The predicted octanol–water partition coefficient (Wildman–Crippen LogP) is 0.844. The summed E-state index contributed by atoms with van der Waals surface area (Å²) in [7, 11) is 4.56. The molecule has 10 nitrogen and oxygen atoms in total. The van der Waals surface area contributed by atoms with Crippen LogP contribution in [-0.2, 0) is 27.3 Å². The highest BCUT2D eigenvalue weighted by molar-refractivity contribution is 6.10. The standard InChI is InChI=1S/C24H26N4O6/c1-25-24(32)18-8-13-9-19(33-2)20(34-3)10-14(13)12-28(18)21(29)11-17-23(31)26-16-7-5-4-6-15(16)22(30)27-17/h4-7,9-10,17-18H,8,11-12H2,1-3H3,(H,25,32)(H,26,31)(H,27,30). The van der Waals surface area contributed by atoms with Gasteiger partial charge in [0.15, 0.2) is 11.5 Å². The Kier molecular flexibility index (Phi) is 6.40. The molecule has 10 heteroatoms. The van der Waals surface area contributed by atoms with Gasteiger partial charge in [-0.05, 0) is 35.4 Å². The lowest BCUT2D eigenvalue weighted by Crippen LogP contribution is -2.54. The summed E-state index contributed by atoms with van der Waals surface area (Å²) in [6, 6.07) is 8.36. The number of fused-ring (bicyclic) bond motifs is 2. The first-order valence-electron chi connectivity index (χ1n) is 10.8. The minimum absolute atomic E-state index is 0.148. The van der Waals surface area contributed by atoms with Crippen molar-refractivity contribution in [3.05, 3.63) is 53.1 Å². The van der Waals surface area contributed by atoms with E-state index in [4.69, 9.17) is 9.47 Å². The number of amides is 4. The number of hydrogen-bond acceptors (Lipinski definition) is 6. The molecule has 0 bridgehead atoms. The summed E-state index contributed by atoms with van der Waals surface area (Å²) in [4.78, 5) is 52.9. The second-order valence-electron chi connectivity index (χ2n) is 8.10. The number of nitrogens with zero attached hydrogens (tertiary/aromatic N) is 1. The molecule has 2 atom stereocenters. The fraction of sp³-hybridized carbons (Fsp3) is 0.333. The molecule has 2 aliphatic rings. The van der Waals surface area contributed by atoms with Crippen LogP contribution in [0.3, 0.4) is 0 Å². The Morgan fingerprint density at radius 2 is 1.76 bits per heavy atom. The second-order valence-corrected chi connectivity index (χ2v) is 8.10. The van der Waals surface area contributed by atoms with Crippen molar-refractivity contribution in [1.82, 2.24) is 15.5 Å². The lowest BCUT2D eigenvalue weighted by atomic mass is 9.92. The predicted molar refractivity (Wildman–Crippen MR) is 123 cm³/mol. The Hall–Kier alpha value is -4.08. The summed E-state index contributed by atoms with van der Waals surface area (Å²) in [6.45, 7) is 0.148. The van der Waals surface area contributed by atoms with Gasteiger partial charge in [0.05, 0.1) is 31.9 Å². The van der Waals surface area contributed by atoms with Gasteiger partial charge in [-0.1, -0.05) is 12.1 Å². The highest BCUT2D eigenvalue weighted by atomic mass is 16.5. The summed E-state index contributed by atoms with van der Waals surface area (Å²) < 4.78 is 10.7. The van der Waals surface area contributed by atoms with E-state index >= 15 is 0 Å². The SMILES string of the molecule is CNC(=O)C1Cc2cc(OC)c(OC)cc2CN1C(=O)CC1NC(=O)c2ccccc2NC1=O. The van der Waals surface area contributed by atoms with Crippen LogP contribution in [0.15, 0.2) is 36.4 Å². The molecule has 2 aromatic carbocycles. The van der Waals surface area contributed by atoms with Gasteiger partial charge in [-0.2, -0.15) is 0 Å². The molecule has 34 heavy (non-hydrogen) atoms. The number of para-hydroxylation sites is 1. The van der Waals surface area contributed by atoms with Crippen molar-refractivity contribution in [3.8, 4) is 11.5 Å². The number of methoxy groups -OCH3 is 2. The van der Waals surface area contributed by atoms with Crippen LogP contribution in [0.5, 0.6) is 11.5 Å². The van der Waals surface area contributed by atoms with E-state index in [1.165, 1.54) is 26.2 Å². The zero-order valence-electron chi connectivity index (χ0n) is 19.1. The number of carbonyl (C=O) groups excluding carboxylic acids is 4. The van der Waals surface area contributed by atoms with Crippen molar-refractivity contribution < 1.29 is 28.7 Å². The van der Waals surface area contributed by atoms with Crippen LogP contribution in [0.2, 0.25) is 0 Å². The Morgan fingerprint density at radius 3 is 2.44 bits per heavy atom. The topological polar surface area (TPSA) is 126 Å². The quantitative estimate of drug-likeness (QED) is 0.600. The van der Waals surface area contributed by atoms with Crippen LogP contribution in [0.25, 0.3) is 0 Å². The molecule has 178 valence electrons. The molecule has 0 fully saturated rings. The molecule has 2 aromatic rings. The normalized spacial score (nSPS) is 19.1. The minimum atomic E-state index is -1.08. The first-order chi connectivity index (χ1) is 16.4. The first-order valence-corrected chi connectivity index (χ1v) is 10.8. The molecule has 0 saturated heterocycles. The first kappa shape index (κ1) is 23.1. The maximum Gasteiger partial charge on any atom is 0.254 e. The number of anilines is 1. The third kappa shape index (κ3) is 4.26. The molecule has 2 aliphatic heterocycles. The molecule has 2 heterocycles. The van der Waals surface area contributed by atoms with Gasteiger partial charge in [0.25, 0.3) is 5.91 Å². The molecule has 4 amide bonds. The van der Waals surface area contributed by atoms with Crippen LogP contribution in [0.4, 0.5) is 5.69 Å². The lowest BCUT2D eigenvalue weighted by Gasteiger charge is -2.36. The lowest BCUT2D eigenvalue weighted by molar-refractivity contribution is -0.142. The number of rotatable bonds is 5. The van der Waals surface area contributed by atoms with Crippen LogP contribution in [0.1, 0.15) is 27.9 Å². The minimum Gasteiger partial charge on any atom is -0.493 e. The van der Waals surface area contributed by atoms with Gasteiger partial charge < -0.3 is 30.3 Å². The van der Waals surface area contributed by atoms with E-state index in [9.17, 15) is 19.2 Å². The Labute approximate surface area is 196 Å². The van der Waals surface area contributed by atoms with Gasteiger partial charge in [-0.25, -0.2) is 0 Å². The summed E-state index contributed by atoms with van der Waals surface area (Å²) >= 11 is 0. The zero-order valence-corrected chi connectivity index (χ0v) is 19.1. The average molecular weight is 466 g/mol. The van der Waals surface area contributed by atoms with Gasteiger partial charge in [0, 0.05) is 20.0 Å². The van der Waals surface area contributed by atoms with Crippen molar-refractivity contribution >= 4 is 29.3 Å². The molecule has 0 aromatic heterocycles. The second kappa shape index (κ2) is 9.42. The third-order valence-corrected chi connectivity index (χ3v) is 6.14.